The molecule has 3 rings (SSSR count). The highest BCUT2D eigenvalue weighted by Gasteiger charge is 2.14. The average molecular weight is 354 g/mol. The fraction of sp³-hybridized carbons (Fsp3) is 0.263. The van der Waals surface area contributed by atoms with Crippen LogP contribution in [0.3, 0.4) is 0 Å². The van der Waals surface area contributed by atoms with Crippen molar-refractivity contribution in [2.45, 2.75) is 6.54 Å². The second-order valence-corrected chi connectivity index (χ2v) is 5.66. The summed E-state index contributed by atoms with van der Waals surface area (Å²) < 4.78 is 18.0. The second-order valence-electron chi connectivity index (χ2n) is 5.66. The van der Waals surface area contributed by atoms with Crippen LogP contribution < -0.4 is 19.5 Å². The highest BCUT2D eigenvalue weighted by molar-refractivity contribution is 5.74. The van der Waals surface area contributed by atoms with Crippen molar-refractivity contribution in [2.75, 3.05) is 26.6 Å². The van der Waals surface area contributed by atoms with Gasteiger partial charge >= 0.3 is 0 Å². The molecule has 0 amide bonds. The lowest BCUT2D eigenvalue weighted by Crippen LogP contribution is -2.04. The summed E-state index contributed by atoms with van der Waals surface area (Å²) in [4.78, 5) is 4.31. The molecular weight excluding hydrogens is 332 g/mol. The van der Waals surface area contributed by atoms with Crippen LogP contribution in [-0.4, -0.2) is 36.1 Å². The van der Waals surface area contributed by atoms with Gasteiger partial charge in [-0.25, -0.2) is 4.98 Å². The zero-order valence-corrected chi connectivity index (χ0v) is 15.3. The number of aromatic nitrogens is 3. The smallest absolute Gasteiger partial charge is 0.184 e. The summed E-state index contributed by atoms with van der Waals surface area (Å²) in [6, 6.07) is 11.6. The first-order valence-electron chi connectivity index (χ1n) is 8.14. The first-order valence-corrected chi connectivity index (χ1v) is 8.14. The number of hydrogen-bond acceptors (Lipinski definition) is 6. The number of benzene rings is 2. The molecule has 7 heteroatoms. The monoisotopic (exact) mass is 354 g/mol. The van der Waals surface area contributed by atoms with E-state index in [4.69, 9.17) is 14.2 Å². The Labute approximate surface area is 152 Å². The molecule has 1 heterocycles. The van der Waals surface area contributed by atoms with Gasteiger partial charge in [-0.1, -0.05) is 6.07 Å². The Morgan fingerprint density at radius 1 is 1.04 bits per heavy atom. The topological polar surface area (TPSA) is 70.4 Å². The van der Waals surface area contributed by atoms with Crippen LogP contribution in [0.1, 0.15) is 5.56 Å². The lowest BCUT2D eigenvalue weighted by atomic mass is 10.1. The minimum Gasteiger partial charge on any atom is -0.497 e. The highest BCUT2D eigenvalue weighted by atomic mass is 16.5. The van der Waals surface area contributed by atoms with Crippen molar-refractivity contribution < 1.29 is 14.2 Å². The first-order chi connectivity index (χ1) is 12.7. The maximum absolute atomic E-state index is 5.62. The molecular formula is C19H22N4O3. The standard InChI is InChI=1S/C19H22N4O3/c1-23-12-21-19(22-23)15-6-5-7-16(18(15)26-4)20-11-13-8-9-14(24-2)10-17(13)25-3/h5-10,12,20H,11H2,1-4H3. The lowest BCUT2D eigenvalue weighted by Gasteiger charge is -2.15. The Balaban J connectivity index is 1.87. The number of anilines is 1. The molecule has 0 spiro atoms. The van der Waals surface area contributed by atoms with Crippen LogP contribution in [0, 0.1) is 0 Å². The second kappa shape index (κ2) is 7.77. The molecule has 0 bridgehead atoms. The first kappa shape index (κ1) is 17.6. The van der Waals surface area contributed by atoms with Crippen molar-refractivity contribution in [1.82, 2.24) is 14.8 Å². The summed E-state index contributed by atoms with van der Waals surface area (Å²) in [5, 5.41) is 7.76. The Morgan fingerprint density at radius 3 is 2.54 bits per heavy atom. The van der Waals surface area contributed by atoms with E-state index in [2.05, 4.69) is 15.4 Å². The molecule has 0 atom stereocenters. The van der Waals surface area contributed by atoms with E-state index in [0.717, 1.165) is 28.3 Å². The zero-order chi connectivity index (χ0) is 18.5. The molecule has 0 unspecified atom stereocenters. The molecule has 7 nitrogen and oxygen atoms in total. The molecule has 0 saturated heterocycles. The van der Waals surface area contributed by atoms with Gasteiger partial charge in [-0.2, -0.15) is 5.10 Å². The number of rotatable bonds is 7. The summed E-state index contributed by atoms with van der Waals surface area (Å²) in [6.45, 7) is 0.572. The molecule has 0 fully saturated rings. The van der Waals surface area contributed by atoms with Gasteiger partial charge < -0.3 is 19.5 Å². The van der Waals surface area contributed by atoms with Crippen LogP contribution in [0.15, 0.2) is 42.7 Å². The molecule has 3 aromatic rings. The van der Waals surface area contributed by atoms with Gasteiger partial charge in [0.1, 0.15) is 17.8 Å². The third-order valence-electron chi connectivity index (χ3n) is 4.02. The molecule has 26 heavy (non-hydrogen) atoms. The third kappa shape index (κ3) is 3.56. The maximum atomic E-state index is 5.62. The van der Waals surface area contributed by atoms with Crippen molar-refractivity contribution >= 4 is 5.69 Å². The van der Waals surface area contributed by atoms with Crippen molar-refractivity contribution in [3.8, 4) is 28.6 Å². The van der Waals surface area contributed by atoms with Gasteiger partial charge in [-0.15, -0.1) is 0 Å². The zero-order valence-electron chi connectivity index (χ0n) is 15.3. The SMILES string of the molecule is COc1ccc(CNc2cccc(-c3ncn(C)n3)c2OC)c(OC)c1. The molecule has 1 aromatic heterocycles. The Hall–Kier alpha value is -3.22. The van der Waals surface area contributed by atoms with Crippen LogP contribution >= 0.6 is 0 Å². The fourth-order valence-electron chi connectivity index (χ4n) is 2.72. The van der Waals surface area contributed by atoms with E-state index in [9.17, 15) is 0 Å². The number of para-hydroxylation sites is 1. The number of aryl methyl sites for hydroxylation is 1. The predicted molar refractivity (Wildman–Crippen MR) is 99.9 cm³/mol. The highest BCUT2D eigenvalue weighted by Crippen LogP contribution is 2.35. The minimum atomic E-state index is 0.572. The van der Waals surface area contributed by atoms with E-state index >= 15 is 0 Å². The van der Waals surface area contributed by atoms with E-state index in [1.54, 1.807) is 32.3 Å². The summed E-state index contributed by atoms with van der Waals surface area (Å²) in [6.07, 6.45) is 1.66. The summed E-state index contributed by atoms with van der Waals surface area (Å²) in [5.41, 5.74) is 2.70. The fourth-order valence-corrected chi connectivity index (χ4v) is 2.72. The molecule has 0 saturated carbocycles. The van der Waals surface area contributed by atoms with Gasteiger partial charge in [0.15, 0.2) is 11.6 Å². The molecule has 0 radical (unpaired) electrons. The minimum absolute atomic E-state index is 0.572. The van der Waals surface area contributed by atoms with Crippen LogP contribution in [0.5, 0.6) is 17.2 Å². The van der Waals surface area contributed by atoms with Crippen molar-refractivity contribution in [1.29, 1.82) is 0 Å². The van der Waals surface area contributed by atoms with Crippen molar-refractivity contribution in [3.63, 3.8) is 0 Å². The van der Waals surface area contributed by atoms with Crippen LogP contribution in [-0.2, 0) is 13.6 Å². The summed E-state index contributed by atoms with van der Waals surface area (Å²) >= 11 is 0. The molecule has 0 aliphatic rings. The molecule has 136 valence electrons. The van der Waals surface area contributed by atoms with Crippen molar-refractivity contribution in [3.05, 3.63) is 48.3 Å². The van der Waals surface area contributed by atoms with Crippen LogP contribution in [0.4, 0.5) is 5.69 Å². The molecule has 1 N–H and O–H groups in total. The Morgan fingerprint density at radius 2 is 1.88 bits per heavy atom. The summed E-state index contributed by atoms with van der Waals surface area (Å²) in [5.74, 6) is 2.84. The van der Waals surface area contributed by atoms with Gasteiger partial charge in [-0.3, -0.25) is 4.68 Å². The third-order valence-corrected chi connectivity index (χ3v) is 4.02. The van der Waals surface area contributed by atoms with E-state index in [1.165, 1.54) is 0 Å². The van der Waals surface area contributed by atoms with E-state index in [0.29, 0.717) is 18.1 Å². The number of hydrogen-bond donors (Lipinski definition) is 1. The van der Waals surface area contributed by atoms with Gasteiger partial charge in [-0.05, 0) is 24.3 Å². The van der Waals surface area contributed by atoms with Gasteiger partial charge in [0.25, 0.3) is 0 Å². The maximum Gasteiger partial charge on any atom is 0.184 e. The van der Waals surface area contributed by atoms with Crippen LogP contribution in [0.25, 0.3) is 11.4 Å². The normalized spacial score (nSPS) is 10.5. The molecule has 0 aliphatic heterocycles. The Kier molecular flexibility index (Phi) is 5.26. The van der Waals surface area contributed by atoms with Gasteiger partial charge in [0.2, 0.25) is 0 Å². The number of nitrogens with one attached hydrogen (secondary N) is 1. The predicted octanol–water partition coefficient (Wildman–Crippen LogP) is 3.12. The molecule has 2 aromatic carbocycles. The molecule has 0 aliphatic carbocycles. The van der Waals surface area contributed by atoms with E-state index in [-0.39, 0.29) is 0 Å². The quantitative estimate of drug-likeness (QED) is 0.703. The largest absolute Gasteiger partial charge is 0.497 e. The van der Waals surface area contributed by atoms with Crippen LogP contribution in [0.2, 0.25) is 0 Å². The number of ether oxygens (including phenoxy) is 3. The van der Waals surface area contributed by atoms with E-state index < -0.39 is 0 Å². The lowest BCUT2D eigenvalue weighted by molar-refractivity contribution is 0.391. The van der Waals surface area contributed by atoms with E-state index in [1.807, 2.05) is 43.4 Å². The van der Waals surface area contributed by atoms with Crippen molar-refractivity contribution in [2.24, 2.45) is 7.05 Å². The summed E-state index contributed by atoms with van der Waals surface area (Å²) in [7, 11) is 6.75. The van der Waals surface area contributed by atoms with Gasteiger partial charge in [0, 0.05) is 25.2 Å². The number of nitrogens with zero attached hydrogens (tertiary/aromatic N) is 3. The Bertz CT molecular complexity index is 892. The number of methoxy groups -OCH3 is 3. The average Bonchev–Trinajstić information content (AvgIpc) is 3.11. The van der Waals surface area contributed by atoms with Gasteiger partial charge in [0.05, 0.1) is 32.6 Å².